The van der Waals surface area contributed by atoms with E-state index in [1.165, 1.54) is 6.42 Å². The summed E-state index contributed by atoms with van der Waals surface area (Å²) in [7, 11) is 0. The van der Waals surface area contributed by atoms with Gasteiger partial charge >= 0.3 is 0 Å². The summed E-state index contributed by atoms with van der Waals surface area (Å²) in [6, 6.07) is 9.77. The Balaban J connectivity index is 0.00000242. The Hall–Kier alpha value is -1.31. The van der Waals surface area contributed by atoms with Crippen LogP contribution in [0.25, 0.3) is 0 Å². The molecule has 2 unspecified atom stereocenters. The topological polar surface area (TPSA) is 65.5 Å². The average molecular weight is 416 g/mol. The zero-order valence-electron chi connectivity index (χ0n) is 13.1. The molecule has 0 bridgehead atoms. The molecule has 1 aliphatic carbocycles. The summed E-state index contributed by atoms with van der Waals surface area (Å²) in [5.74, 6) is 1.51. The van der Waals surface area contributed by atoms with E-state index in [9.17, 15) is 4.79 Å². The van der Waals surface area contributed by atoms with Crippen molar-refractivity contribution < 1.29 is 4.79 Å². The molecule has 0 heterocycles. The van der Waals surface area contributed by atoms with Crippen molar-refractivity contribution in [1.82, 2.24) is 16.0 Å². The first kappa shape index (κ1) is 18.7. The second-order valence-corrected chi connectivity index (χ2v) is 5.35. The van der Waals surface area contributed by atoms with E-state index in [1.54, 1.807) is 12.1 Å². The first-order valence-corrected chi connectivity index (χ1v) is 7.58. The van der Waals surface area contributed by atoms with Crippen LogP contribution in [0.4, 0.5) is 0 Å². The number of halogens is 1. The monoisotopic (exact) mass is 416 g/mol. The molecule has 0 aliphatic heterocycles. The highest BCUT2D eigenvalue weighted by Gasteiger charge is 2.33. The Labute approximate surface area is 149 Å². The van der Waals surface area contributed by atoms with Crippen LogP contribution in [-0.2, 0) is 0 Å². The zero-order valence-corrected chi connectivity index (χ0v) is 15.5. The number of nitrogens with zero attached hydrogens (tertiary/aromatic N) is 1. The van der Waals surface area contributed by atoms with Crippen LogP contribution in [0, 0.1) is 5.92 Å². The molecular formula is C16H25IN4O. The van der Waals surface area contributed by atoms with Crippen molar-refractivity contribution in [2.45, 2.75) is 26.3 Å². The van der Waals surface area contributed by atoms with Crippen LogP contribution in [0.5, 0.6) is 0 Å². The number of amides is 1. The molecule has 122 valence electrons. The summed E-state index contributed by atoms with van der Waals surface area (Å²) in [4.78, 5) is 16.3. The smallest absolute Gasteiger partial charge is 0.251 e. The van der Waals surface area contributed by atoms with Gasteiger partial charge in [0.25, 0.3) is 5.91 Å². The van der Waals surface area contributed by atoms with E-state index in [1.807, 2.05) is 25.1 Å². The van der Waals surface area contributed by atoms with Crippen molar-refractivity contribution in [1.29, 1.82) is 0 Å². The minimum absolute atomic E-state index is 0. The van der Waals surface area contributed by atoms with Gasteiger partial charge in [-0.2, -0.15) is 0 Å². The van der Waals surface area contributed by atoms with E-state index >= 15 is 0 Å². The Bertz CT molecular complexity index is 492. The van der Waals surface area contributed by atoms with Crippen LogP contribution < -0.4 is 16.0 Å². The number of rotatable bonds is 6. The molecule has 1 amide bonds. The van der Waals surface area contributed by atoms with E-state index in [2.05, 4.69) is 27.9 Å². The quantitative estimate of drug-likeness (QED) is 0.288. The van der Waals surface area contributed by atoms with Gasteiger partial charge in [0, 0.05) is 24.7 Å². The molecule has 0 saturated heterocycles. The predicted molar refractivity (Wildman–Crippen MR) is 101 cm³/mol. The first-order valence-electron chi connectivity index (χ1n) is 7.58. The van der Waals surface area contributed by atoms with Crippen LogP contribution in [0.15, 0.2) is 35.3 Å². The summed E-state index contributed by atoms with van der Waals surface area (Å²) in [5.41, 5.74) is 0.679. The van der Waals surface area contributed by atoms with E-state index in [0.717, 1.165) is 18.4 Å². The van der Waals surface area contributed by atoms with Crippen LogP contribution >= 0.6 is 24.0 Å². The number of hydrogen-bond acceptors (Lipinski definition) is 2. The number of benzene rings is 1. The fraction of sp³-hybridized carbons (Fsp3) is 0.500. The third-order valence-corrected chi connectivity index (χ3v) is 3.48. The second-order valence-electron chi connectivity index (χ2n) is 5.35. The van der Waals surface area contributed by atoms with E-state index < -0.39 is 0 Å². The molecule has 1 fully saturated rings. The van der Waals surface area contributed by atoms with Crippen molar-refractivity contribution in [2.24, 2.45) is 10.9 Å². The van der Waals surface area contributed by atoms with Crippen molar-refractivity contribution >= 4 is 35.8 Å². The first-order chi connectivity index (χ1) is 10.2. The molecule has 6 heteroatoms. The maximum absolute atomic E-state index is 11.9. The van der Waals surface area contributed by atoms with Crippen molar-refractivity contribution in [3.05, 3.63) is 35.9 Å². The number of nitrogens with one attached hydrogen (secondary N) is 3. The Morgan fingerprint density at radius 3 is 2.55 bits per heavy atom. The van der Waals surface area contributed by atoms with Gasteiger partial charge in [0.15, 0.2) is 5.96 Å². The largest absolute Gasteiger partial charge is 0.357 e. The summed E-state index contributed by atoms with van der Waals surface area (Å²) in [6.07, 6.45) is 1.20. The number of carbonyl (C=O) groups is 1. The van der Waals surface area contributed by atoms with Crippen LogP contribution in [0.1, 0.15) is 30.6 Å². The molecule has 2 atom stereocenters. The highest BCUT2D eigenvalue weighted by Crippen LogP contribution is 2.28. The third-order valence-electron chi connectivity index (χ3n) is 3.48. The molecular weight excluding hydrogens is 391 g/mol. The van der Waals surface area contributed by atoms with Gasteiger partial charge in [-0.15, -0.1) is 24.0 Å². The maximum atomic E-state index is 11.9. The molecule has 0 aromatic heterocycles. The predicted octanol–water partition coefficient (Wildman–Crippen LogP) is 2.00. The van der Waals surface area contributed by atoms with Crippen LogP contribution in [-0.4, -0.2) is 37.5 Å². The molecule has 2 rings (SSSR count). The highest BCUT2D eigenvalue weighted by molar-refractivity contribution is 14.0. The second kappa shape index (κ2) is 9.66. The lowest BCUT2D eigenvalue weighted by atomic mass is 10.2. The number of carbonyl (C=O) groups excluding carboxylic acids is 1. The Kier molecular flexibility index (Phi) is 8.22. The average Bonchev–Trinajstić information content (AvgIpc) is 3.19. The lowest BCUT2D eigenvalue weighted by molar-refractivity contribution is 0.0955. The van der Waals surface area contributed by atoms with Gasteiger partial charge in [0.1, 0.15) is 0 Å². The number of guanidine groups is 1. The fourth-order valence-corrected chi connectivity index (χ4v) is 2.05. The summed E-state index contributed by atoms with van der Waals surface area (Å²) in [6.45, 7) is 6.20. The lowest BCUT2D eigenvalue weighted by Gasteiger charge is -2.11. The molecule has 1 aromatic carbocycles. The molecule has 0 spiro atoms. The van der Waals surface area contributed by atoms with Crippen molar-refractivity contribution in [3.8, 4) is 0 Å². The minimum atomic E-state index is -0.0559. The Morgan fingerprint density at radius 1 is 1.27 bits per heavy atom. The van der Waals surface area contributed by atoms with Gasteiger partial charge < -0.3 is 16.0 Å². The lowest BCUT2D eigenvalue weighted by Crippen LogP contribution is -2.39. The SMILES string of the molecule is CCNC(=NCCNC(=O)c1ccccc1)NC1CC1C.I. The van der Waals surface area contributed by atoms with Crippen LogP contribution in [0.2, 0.25) is 0 Å². The fourth-order valence-electron chi connectivity index (χ4n) is 2.05. The molecule has 0 radical (unpaired) electrons. The summed E-state index contributed by atoms with van der Waals surface area (Å²) in [5, 5.41) is 9.48. The van der Waals surface area contributed by atoms with Crippen molar-refractivity contribution in [2.75, 3.05) is 19.6 Å². The third kappa shape index (κ3) is 6.21. The van der Waals surface area contributed by atoms with E-state index in [-0.39, 0.29) is 29.9 Å². The molecule has 1 saturated carbocycles. The van der Waals surface area contributed by atoms with Gasteiger partial charge in [0.2, 0.25) is 0 Å². The van der Waals surface area contributed by atoms with E-state index in [0.29, 0.717) is 24.7 Å². The highest BCUT2D eigenvalue weighted by atomic mass is 127. The van der Waals surface area contributed by atoms with Crippen LogP contribution in [0.3, 0.4) is 0 Å². The normalized spacial score (nSPS) is 19.8. The molecule has 5 nitrogen and oxygen atoms in total. The van der Waals surface area contributed by atoms with Gasteiger partial charge in [-0.25, -0.2) is 0 Å². The summed E-state index contributed by atoms with van der Waals surface area (Å²) >= 11 is 0. The zero-order chi connectivity index (χ0) is 15.1. The molecule has 1 aliphatic rings. The Morgan fingerprint density at radius 2 is 1.95 bits per heavy atom. The van der Waals surface area contributed by atoms with E-state index in [4.69, 9.17) is 0 Å². The maximum Gasteiger partial charge on any atom is 0.251 e. The summed E-state index contributed by atoms with van der Waals surface area (Å²) < 4.78 is 0. The van der Waals surface area contributed by atoms with Gasteiger partial charge in [-0.1, -0.05) is 25.1 Å². The molecule has 22 heavy (non-hydrogen) atoms. The van der Waals surface area contributed by atoms with Gasteiger partial charge in [-0.05, 0) is 31.4 Å². The molecule has 1 aromatic rings. The van der Waals surface area contributed by atoms with Crippen molar-refractivity contribution in [3.63, 3.8) is 0 Å². The minimum Gasteiger partial charge on any atom is -0.357 e. The van der Waals surface area contributed by atoms with Gasteiger partial charge in [0.05, 0.1) is 6.54 Å². The van der Waals surface area contributed by atoms with Gasteiger partial charge in [-0.3, -0.25) is 9.79 Å². The number of aliphatic imine (C=N–C) groups is 1. The number of hydrogen-bond donors (Lipinski definition) is 3. The standard InChI is InChI=1S/C16H24N4O.HI/c1-3-17-16(20-14-11-12(14)2)19-10-9-18-15(21)13-7-5-4-6-8-13;/h4-8,12,14H,3,9-11H2,1-2H3,(H,18,21)(H2,17,19,20);1H. The molecule has 3 N–H and O–H groups in total.